The molecule has 1 N–H and O–H groups in total. The number of hydrogen-bond acceptors (Lipinski definition) is 4. The minimum atomic E-state index is -1.56. The van der Waals surface area contributed by atoms with E-state index >= 15 is 0 Å². The van der Waals surface area contributed by atoms with Crippen LogP contribution in [-0.2, 0) is 15.8 Å². The molecule has 0 aliphatic carbocycles. The van der Waals surface area contributed by atoms with Crippen LogP contribution < -0.4 is 4.72 Å². The fourth-order valence-electron chi connectivity index (χ4n) is 1.64. The fourth-order valence-corrected chi connectivity index (χ4v) is 3.35. The van der Waals surface area contributed by atoms with Crippen molar-refractivity contribution in [2.75, 3.05) is 0 Å². The lowest BCUT2D eigenvalue weighted by atomic mass is 10.2. The van der Waals surface area contributed by atoms with E-state index in [0.29, 0.717) is 9.77 Å². The van der Waals surface area contributed by atoms with Crippen molar-refractivity contribution in [1.29, 1.82) is 0 Å². The molecular weight excluding hydrogens is 294 g/mol. The van der Waals surface area contributed by atoms with Gasteiger partial charge in [-0.05, 0) is 36.8 Å². The van der Waals surface area contributed by atoms with Crippen LogP contribution in [0.25, 0.3) is 10.4 Å². The Labute approximate surface area is 123 Å². The van der Waals surface area contributed by atoms with Crippen molar-refractivity contribution < 1.29 is 13.8 Å². The van der Waals surface area contributed by atoms with E-state index in [4.69, 9.17) is 0 Å². The Bertz CT molecular complexity index is 691. The smallest absolute Gasteiger partial charge is 0.228 e. The fraction of sp³-hybridized carbons (Fsp3) is 0.143. The quantitative estimate of drug-likeness (QED) is 0.883. The van der Waals surface area contributed by atoms with Crippen molar-refractivity contribution in [3.05, 3.63) is 41.3 Å². The number of ketones is 1. The van der Waals surface area contributed by atoms with Gasteiger partial charge in [0.2, 0.25) is 5.91 Å². The van der Waals surface area contributed by atoms with Crippen molar-refractivity contribution in [3.63, 3.8) is 0 Å². The predicted octanol–water partition coefficient (Wildman–Crippen LogP) is 2.78. The second kappa shape index (κ2) is 6.11. The first-order valence-electron chi connectivity index (χ1n) is 5.87. The monoisotopic (exact) mass is 307 g/mol. The molecule has 1 atom stereocenters. The van der Waals surface area contributed by atoms with Crippen molar-refractivity contribution in [1.82, 2.24) is 4.72 Å². The van der Waals surface area contributed by atoms with Crippen LogP contribution in [0.15, 0.2) is 41.3 Å². The van der Waals surface area contributed by atoms with E-state index in [1.165, 1.54) is 25.2 Å². The van der Waals surface area contributed by atoms with Gasteiger partial charge in [-0.2, -0.15) is 0 Å². The summed E-state index contributed by atoms with van der Waals surface area (Å²) in [5.74, 6) is -0.317. The summed E-state index contributed by atoms with van der Waals surface area (Å²) in [7, 11) is -1.56. The van der Waals surface area contributed by atoms with Crippen LogP contribution in [0.4, 0.5) is 0 Å². The number of Topliss-reactive ketones (excluding diaryl/α,β-unsaturated/α-hetero) is 1. The number of carbonyl (C=O) groups is 2. The van der Waals surface area contributed by atoms with E-state index < -0.39 is 11.0 Å². The zero-order valence-electron chi connectivity index (χ0n) is 11.0. The topological polar surface area (TPSA) is 63.2 Å². The van der Waals surface area contributed by atoms with Crippen LogP contribution in [0.2, 0.25) is 0 Å². The highest BCUT2D eigenvalue weighted by Crippen LogP contribution is 2.29. The van der Waals surface area contributed by atoms with Gasteiger partial charge in [0.25, 0.3) is 0 Å². The molecule has 0 saturated carbocycles. The summed E-state index contributed by atoms with van der Waals surface area (Å²) >= 11 is 1.39. The number of benzene rings is 1. The number of hydrogen-bond donors (Lipinski definition) is 1. The Morgan fingerprint density at radius 1 is 1.15 bits per heavy atom. The number of nitrogens with one attached hydrogen (secondary N) is 1. The summed E-state index contributed by atoms with van der Waals surface area (Å²) in [6.45, 7) is 2.85. The molecule has 0 saturated heterocycles. The van der Waals surface area contributed by atoms with Crippen molar-refractivity contribution in [2.45, 2.75) is 18.7 Å². The van der Waals surface area contributed by atoms with E-state index in [-0.39, 0.29) is 11.7 Å². The first kappa shape index (κ1) is 14.6. The maximum absolute atomic E-state index is 11.9. The van der Waals surface area contributed by atoms with E-state index in [0.717, 1.165) is 10.4 Å². The Morgan fingerprint density at radius 2 is 1.90 bits per heavy atom. The highest BCUT2D eigenvalue weighted by Gasteiger charge is 2.09. The van der Waals surface area contributed by atoms with E-state index in [2.05, 4.69) is 4.72 Å². The summed E-state index contributed by atoms with van der Waals surface area (Å²) < 4.78 is 14.2. The summed E-state index contributed by atoms with van der Waals surface area (Å²) in [5, 5.41) is 0. The lowest BCUT2D eigenvalue weighted by molar-refractivity contribution is -0.117. The second-order valence-electron chi connectivity index (χ2n) is 4.17. The van der Waals surface area contributed by atoms with Crippen LogP contribution in [0.5, 0.6) is 0 Å². The van der Waals surface area contributed by atoms with Gasteiger partial charge in [-0.25, -0.2) is 4.21 Å². The van der Waals surface area contributed by atoms with Gasteiger partial charge in [-0.3, -0.25) is 14.3 Å². The van der Waals surface area contributed by atoms with Gasteiger partial charge in [0.15, 0.2) is 16.8 Å². The SMILES string of the molecule is CC(=O)NS(=O)c1cccc(-c2ccc(C(C)=O)s2)c1. The molecule has 0 aliphatic rings. The van der Waals surface area contributed by atoms with E-state index in [1.54, 1.807) is 24.3 Å². The third-order valence-electron chi connectivity index (χ3n) is 2.52. The number of rotatable bonds is 4. The van der Waals surface area contributed by atoms with Crippen LogP contribution in [-0.4, -0.2) is 15.9 Å². The molecule has 104 valence electrons. The number of carbonyl (C=O) groups excluding carboxylic acids is 2. The molecule has 1 heterocycles. The zero-order chi connectivity index (χ0) is 14.7. The summed E-state index contributed by atoms with van der Waals surface area (Å²) in [6, 6.07) is 10.7. The summed E-state index contributed by atoms with van der Waals surface area (Å²) in [4.78, 5) is 24.4. The predicted molar refractivity (Wildman–Crippen MR) is 80.0 cm³/mol. The van der Waals surface area contributed by atoms with Gasteiger partial charge in [0.05, 0.1) is 9.77 Å². The molecule has 20 heavy (non-hydrogen) atoms. The lowest BCUT2D eigenvalue weighted by Crippen LogP contribution is -2.22. The summed E-state index contributed by atoms with van der Waals surface area (Å²) in [5.41, 5.74) is 0.874. The van der Waals surface area contributed by atoms with Crippen molar-refractivity contribution in [2.24, 2.45) is 0 Å². The second-order valence-corrected chi connectivity index (χ2v) is 6.47. The van der Waals surface area contributed by atoms with Crippen LogP contribution in [0.3, 0.4) is 0 Å². The van der Waals surface area contributed by atoms with Crippen LogP contribution in [0, 0.1) is 0 Å². The lowest BCUT2D eigenvalue weighted by Gasteiger charge is -2.04. The van der Waals surface area contributed by atoms with E-state index in [9.17, 15) is 13.8 Å². The minimum Gasteiger partial charge on any atom is -0.294 e. The molecule has 4 nitrogen and oxygen atoms in total. The first-order valence-corrected chi connectivity index (χ1v) is 7.84. The molecular formula is C14H13NO3S2. The molecule has 1 aromatic carbocycles. The van der Waals surface area contributed by atoms with Gasteiger partial charge >= 0.3 is 0 Å². The standard InChI is InChI=1S/C14H13NO3S2/c1-9(16)13-6-7-14(19-13)11-4-3-5-12(8-11)20(18)15-10(2)17/h3-8H,1-2H3,(H,15,17). The Morgan fingerprint density at radius 3 is 2.50 bits per heavy atom. The molecule has 0 spiro atoms. The van der Waals surface area contributed by atoms with Gasteiger partial charge in [0.1, 0.15) is 0 Å². The largest absolute Gasteiger partial charge is 0.294 e. The first-order chi connectivity index (χ1) is 9.47. The molecule has 2 aromatic rings. The van der Waals surface area contributed by atoms with Gasteiger partial charge in [-0.1, -0.05) is 12.1 Å². The van der Waals surface area contributed by atoms with Crippen molar-refractivity contribution >= 4 is 34.0 Å². The minimum absolute atomic E-state index is 0.0271. The average Bonchev–Trinajstić information content (AvgIpc) is 2.88. The third kappa shape index (κ3) is 3.40. The molecule has 0 radical (unpaired) electrons. The normalized spacial score (nSPS) is 11.9. The molecule has 1 unspecified atom stereocenters. The average molecular weight is 307 g/mol. The Hall–Kier alpha value is -1.79. The number of thiophene rings is 1. The Balaban J connectivity index is 2.31. The third-order valence-corrected chi connectivity index (χ3v) is 4.91. The highest BCUT2D eigenvalue weighted by atomic mass is 32.2. The molecule has 6 heteroatoms. The van der Waals surface area contributed by atoms with Gasteiger partial charge < -0.3 is 0 Å². The van der Waals surface area contributed by atoms with Gasteiger partial charge in [0, 0.05) is 11.8 Å². The Kier molecular flexibility index (Phi) is 4.46. The molecule has 2 rings (SSSR count). The molecule has 0 bridgehead atoms. The molecule has 1 amide bonds. The van der Waals surface area contributed by atoms with E-state index in [1.807, 2.05) is 12.1 Å². The van der Waals surface area contributed by atoms with Crippen LogP contribution in [0.1, 0.15) is 23.5 Å². The van der Waals surface area contributed by atoms with Crippen molar-refractivity contribution in [3.8, 4) is 10.4 Å². The molecule has 0 fully saturated rings. The summed E-state index contributed by atoms with van der Waals surface area (Å²) in [6.07, 6.45) is 0. The van der Waals surface area contributed by atoms with Gasteiger partial charge in [-0.15, -0.1) is 11.3 Å². The van der Waals surface area contributed by atoms with Crippen LogP contribution >= 0.6 is 11.3 Å². The highest BCUT2D eigenvalue weighted by molar-refractivity contribution is 7.83. The maximum Gasteiger partial charge on any atom is 0.228 e. The number of amides is 1. The zero-order valence-corrected chi connectivity index (χ0v) is 12.6. The molecule has 0 aliphatic heterocycles. The maximum atomic E-state index is 11.9. The molecule has 1 aromatic heterocycles.